The van der Waals surface area contributed by atoms with Crippen LogP contribution in [0.5, 0.6) is 0 Å². The molecule has 7 heteroatoms. The van der Waals surface area contributed by atoms with Crippen molar-refractivity contribution in [3.63, 3.8) is 0 Å². The lowest BCUT2D eigenvalue weighted by Crippen LogP contribution is -2.11. The summed E-state index contributed by atoms with van der Waals surface area (Å²) in [5, 5.41) is 6.40. The van der Waals surface area contributed by atoms with Gasteiger partial charge in [0, 0.05) is 17.4 Å². The minimum absolute atomic E-state index is 0.147. The standard InChI is InChI=1S/C18H21N3O2S2/c1-9(2)6-15-19-11(4)16(25-15)17(22)21-18-20-14(8-24-18)13-7-10(3)23-12(13)5/h7-9H,6H2,1-5H3,(H,20,21,22). The van der Waals surface area contributed by atoms with Crippen molar-refractivity contribution in [3.8, 4) is 11.3 Å². The highest BCUT2D eigenvalue weighted by Gasteiger charge is 2.18. The molecular formula is C18H21N3O2S2. The molecule has 0 fully saturated rings. The van der Waals surface area contributed by atoms with Gasteiger partial charge in [0.1, 0.15) is 16.4 Å². The third-order valence-electron chi connectivity index (χ3n) is 3.67. The number of carbonyl (C=O) groups excluding carboxylic acids is 1. The first-order chi connectivity index (χ1) is 11.8. The average molecular weight is 376 g/mol. The minimum atomic E-state index is -0.147. The van der Waals surface area contributed by atoms with Crippen molar-refractivity contribution in [1.29, 1.82) is 0 Å². The molecule has 0 aliphatic carbocycles. The molecule has 3 heterocycles. The summed E-state index contributed by atoms with van der Waals surface area (Å²) in [6.07, 6.45) is 0.888. The van der Waals surface area contributed by atoms with Gasteiger partial charge in [-0.3, -0.25) is 10.1 Å². The molecule has 3 rings (SSSR count). The number of rotatable bonds is 5. The predicted molar refractivity (Wildman–Crippen MR) is 103 cm³/mol. The van der Waals surface area contributed by atoms with Crippen LogP contribution >= 0.6 is 22.7 Å². The van der Waals surface area contributed by atoms with Crippen LogP contribution < -0.4 is 5.32 Å². The summed E-state index contributed by atoms with van der Waals surface area (Å²) < 4.78 is 5.55. The molecule has 3 aromatic rings. The number of aryl methyl sites for hydroxylation is 3. The monoisotopic (exact) mass is 375 g/mol. The molecule has 0 unspecified atom stereocenters. The molecule has 3 aromatic heterocycles. The van der Waals surface area contributed by atoms with Crippen molar-refractivity contribution in [2.45, 2.75) is 41.0 Å². The van der Waals surface area contributed by atoms with Crippen LogP contribution in [0.25, 0.3) is 11.3 Å². The molecule has 132 valence electrons. The molecule has 0 aromatic carbocycles. The summed E-state index contributed by atoms with van der Waals surface area (Å²) in [5.74, 6) is 2.05. The van der Waals surface area contributed by atoms with Gasteiger partial charge in [0.05, 0.1) is 16.4 Å². The Labute approximate surface area is 155 Å². The Hall–Kier alpha value is -1.99. The Morgan fingerprint density at radius 2 is 2.04 bits per heavy atom. The van der Waals surface area contributed by atoms with Gasteiger partial charge in [0.15, 0.2) is 5.13 Å². The maximum atomic E-state index is 12.6. The van der Waals surface area contributed by atoms with Gasteiger partial charge in [-0.2, -0.15) is 0 Å². The Morgan fingerprint density at radius 1 is 1.28 bits per heavy atom. The average Bonchev–Trinajstić information content (AvgIpc) is 3.18. The molecule has 0 saturated carbocycles. The largest absolute Gasteiger partial charge is 0.466 e. The Balaban J connectivity index is 1.76. The molecule has 0 aliphatic heterocycles. The fraction of sp³-hybridized carbons (Fsp3) is 0.389. The number of aromatic nitrogens is 2. The van der Waals surface area contributed by atoms with E-state index in [0.717, 1.165) is 39.9 Å². The molecule has 0 spiro atoms. The number of anilines is 1. The lowest BCUT2D eigenvalue weighted by atomic mass is 10.1. The van der Waals surface area contributed by atoms with Crippen molar-refractivity contribution in [1.82, 2.24) is 9.97 Å². The summed E-state index contributed by atoms with van der Waals surface area (Å²) in [4.78, 5) is 22.2. The Morgan fingerprint density at radius 3 is 2.68 bits per heavy atom. The van der Waals surface area contributed by atoms with Gasteiger partial charge in [-0.1, -0.05) is 13.8 Å². The zero-order chi connectivity index (χ0) is 18.1. The predicted octanol–water partition coefficient (Wildman–Crippen LogP) is 5.24. The van der Waals surface area contributed by atoms with E-state index in [0.29, 0.717) is 15.9 Å². The van der Waals surface area contributed by atoms with Crippen LogP contribution in [0, 0.1) is 26.7 Å². The molecule has 5 nitrogen and oxygen atoms in total. The first-order valence-electron chi connectivity index (χ1n) is 8.14. The first kappa shape index (κ1) is 17.8. The van der Waals surface area contributed by atoms with Crippen molar-refractivity contribution in [2.24, 2.45) is 5.92 Å². The van der Waals surface area contributed by atoms with E-state index in [1.165, 1.54) is 22.7 Å². The summed E-state index contributed by atoms with van der Waals surface area (Å²) >= 11 is 2.87. The second-order valence-electron chi connectivity index (χ2n) is 6.44. The number of nitrogens with zero attached hydrogens (tertiary/aromatic N) is 2. The fourth-order valence-corrected chi connectivity index (χ4v) is 4.47. The van der Waals surface area contributed by atoms with E-state index in [1.807, 2.05) is 32.2 Å². The third kappa shape index (κ3) is 3.99. The topological polar surface area (TPSA) is 68.0 Å². The summed E-state index contributed by atoms with van der Waals surface area (Å²) in [7, 11) is 0. The van der Waals surface area contributed by atoms with Crippen molar-refractivity contribution >= 4 is 33.7 Å². The van der Waals surface area contributed by atoms with Crippen molar-refractivity contribution in [3.05, 3.63) is 38.5 Å². The van der Waals surface area contributed by atoms with E-state index >= 15 is 0 Å². The second kappa shape index (κ2) is 7.09. The maximum Gasteiger partial charge on any atom is 0.269 e. The van der Waals surface area contributed by atoms with Crippen LogP contribution in [0.15, 0.2) is 15.9 Å². The van der Waals surface area contributed by atoms with Gasteiger partial charge in [0.2, 0.25) is 0 Å². The van der Waals surface area contributed by atoms with Crippen molar-refractivity contribution < 1.29 is 9.21 Å². The van der Waals surface area contributed by atoms with Crippen LogP contribution in [-0.2, 0) is 6.42 Å². The van der Waals surface area contributed by atoms with E-state index in [4.69, 9.17) is 4.42 Å². The molecule has 0 bridgehead atoms. The maximum absolute atomic E-state index is 12.6. The van der Waals surface area contributed by atoms with Gasteiger partial charge in [-0.15, -0.1) is 22.7 Å². The van der Waals surface area contributed by atoms with Crippen LogP contribution in [0.2, 0.25) is 0 Å². The summed E-state index contributed by atoms with van der Waals surface area (Å²) in [6.45, 7) is 9.99. The lowest BCUT2D eigenvalue weighted by Gasteiger charge is -1.99. The van der Waals surface area contributed by atoms with Gasteiger partial charge in [-0.25, -0.2) is 9.97 Å². The SMILES string of the molecule is Cc1cc(-c2csc(NC(=O)c3sc(CC(C)C)nc3C)n2)c(C)o1. The summed E-state index contributed by atoms with van der Waals surface area (Å²) in [6, 6.07) is 1.96. The second-order valence-corrected chi connectivity index (χ2v) is 8.38. The molecule has 25 heavy (non-hydrogen) atoms. The molecule has 0 radical (unpaired) electrons. The number of carbonyl (C=O) groups is 1. The minimum Gasteiger partial charge on any atom is -0.466 e. The molecular weight excluding hydrogens is 354 g/mol. The number of hydrogen-bond donors (Lipinski definition) is 1. The first-order valence-corrected chi connectivity index (χ1v) is 9.83. The number of hydrogen-bond acceptors (Lipinski definition) is 6. The summed E-state index contributed by atoms with van der Waals surface area (Å²) in [5.41, 5.74) is 2.55. The van der Waals surface area contributed by atoms with Crippen molar-refractivity contribution in [2.75, 3.05) is 5.32 Å². The highest BCUT2D eigenvalue weighted by Crippen LogP contribution is 2.30. The van der Waals surface area contributed by atoms with Gasteiger partial charge < -0.3 is 4.42 Å². The van der Waals surface area contributed by atoms with E-state index in [1.54, 1.807) is 0 Å². The number of amides is 1. The van der Waals surface area contributed by atoms with Gasteiger partial charge in [0.25, 0.3) is 5.91 Å². The number of nitrogens with one attached hydrogen (secondary N) is 1. The van der Waals surface area contributed by atoms with E-state index in [9.17, 15) is 4.79 Å². The van der Waals surface area contributed by atoms with Crippen LogP contribution in [0.1, 0.15) is 45.7 Å². The van der Waals surface area contributed by atoms with Crippen LogP contribution in [-0.4, -0.2) is 15.9 Å². The zero-order valence-corrected chi connectivity index (χ0v) is 16.6. The van der Waals surface area contributed by atoms with E-state index in [-0.39, 0.29) is 5.91 Å². The van der Waals surface area contributed by atoms with E-state index in [2.05, 4.69) is 29.1 Å². The highest BCUT2D eigenvalue weighted by atomic mass is 32.1. The quantitative estimate of drug-likeness (QED) is 0.662. The smallest absolute Gasteiger partial charge is 0.269 e. The normalized spacial score (nSPS) is 11.3. The lowest BCUT2D eigenvalue weighted by molar-refractivity contribution is 0.103. The molecule has 0 aliphatic rings. The van der Waals surface area contributed by atoms with Crippen LogP contribution in [0.3, 0.4) is 0 Å². The molecule has 0 atom stereocenters. The molecule has 1 amide bonds. The van der Waals surface area contributed by atoms with Gasteiger partial charge >= 0.3 is 0 Å². The van der Waals surface area contributed by atoms with Gasteiger partial charge in [-0.05, 0) is 32.8 Å². The Bertz CT molecular complexity index is 905. The fourth-order valence-electron chi connectivity index (χ4n) is 2.59. The molecule has 0 saturated heterocycles. The Kier molecular flexibility index (Phi) is 5.06. The third-order valence-corrected chi connectivity index (χ3v) is 5.61. The number of furan rings is 1. The number of thiazole rings is 2. The highest BCUT2D eigenvalue weighted by molar-refractivity contribution is 7.15. The van der Waals surface area contributed by atoms with E-state index < -0.39 is 0 Å². The zero-order valence-electron chi connectivity index (χ0n) is 15.0. The van der Waals surface area contributed by atoms with Crippen LogP contribution in [0.4, 0.5) is 5.13 Å². The molecule has 1 N–H and O–H groups in total.